The first-order chi connectivity index (χ1) is 18.7. The minimum absolute atomic E-state index is 0.190. The highest BCUT2D eigenvalue weighted by Crippen LogP contribution is 2.19. The first-order valence-corrected chi connectivity index (χ1v) is 13.6. The Morgan fingerprint density at radius 1 is 1.05 bits per heavy atom. The van der Waals surface area contributed by atoms with Crippen LogP contribution in [0.15, 0.2) is 35.6 Å². The Bertz CT molecular complexity index is 1260. The van der Waals surface area contributed by atoms with Crippen LogP contribution in [0, 0.1) is 0 Å². The normalized spacial score (nSPS) is 18.3. The van der Waals surface area contributed by atoms with E-state index in [0.717, 1.165) is 36.3 Å². The van der Waals surface area contributed by atoms with Crippen molar-refractivity contribution in [2.75, 3.05) is 61.0 Å². The van der Waals surface area contributed by atoms with Crippen molar-refractivity contribution in [3.8, 4) is 0 Å². The summed E-state index contributed by atoms with van der Waals surface area (Å²) in [6.07, 6.45) is 8.05. The zero-order chi connectivity index (χ0) is 27.4. The number of morpholine rings is 1. The van der Waals surface area contributed by atoms with Gasteiger partial charge >= 0.3 is 6.09 Å². The second-order valence-corrected chi connectivity index (χ2v) is 11.2. The predicted octanol–water partition coefficient (Wildman–Crippen LogP) is 2.33. The molecule has 14 nitrogen and oxygen atoms in total. The summed E-state index contributed by atoms with van der Waals surface area (Å²) in [5.41, 5.74) is 0.204. The van der Waals surface area contributed by atoms with E-state index in [1.165, 1.54) is 6.33 Å². The number of piperazine rings is 1. The van der Waals surface area contributed by atoms with Gasteiger partial charge in [0.1, 0.15) is 11.9 Å². The number of ether oxygens (including phenoxy) is 2. The molecule has 2 aliphatic rings. The highest BCUT2D eigenvalue weighted by Gasteiger charge is 2.28. The molecule has 3 aromatic heterocycles. The van der Waals surface area contributed by atoms with Gasteiger partial charge in [0.2, 0.25) is 17.8 Å². The van der Waals surface area contributed by atoms with E-state index >= 15 is 0 Å². The van der Waals surface area contributed by atoms with E-state index in [9.17, 15) is 4.79 Å². The zero-order valence-electron chi connectivity index (χ0n) is 22.2. The topological polar surface area (TPSA) is 140 Å². The van der Waals surface area contributed by atoms with E-state index in [0.29, 0.717) is 44.1 Å². The average Bonchev–Trinajstić information content (AvgIpc) is 3.35. The number of halogens is 1. The lowest BCUT2D eigenvalue weighted by molar-refractivity contribution is -0.0483. The molecular weight excluding hydrogens is 570 g/mol. The molecule has 0 saturated carbocycles. The van der Waals surface area contributed by atoms with Crippen LogP contribution in [0.3, 0.4) is 0 Å². The Hall–Kier alpha value is -3.59. The number of rotatable bonds is 6. The Morgan fingerprint density at radius 3 is 2.49 bits per heavy atom. The minimum Gasteiger partial charge on any atom is -0.444 e. The monoisotopic (exact) mass is 601 g/mol. The van der Waals surface area contributed by atoms with E-state index in [-0.39, 0.29) is 12.2 Å². The van der Waals surface area contributed by atoms with E-state index in [1.54, 1.807) is 28.2 Å². The third-order valence-corrected chi connectivity index (χ3v) is 6.49. The largest absolute Gasteiger partial charge is 0.444 e. The molecule has 5 heterocycles. The molecule has 2 saturated heterocycles. The molecule has 2 aliphatic heterocycles. The first-order valence-electron chi connectivity index (χ1n) is 12.8. The fourth-order valence-corrected chi connectivity index (χ4v) is 4.47. The first kappa shape index (κ1) is 27.0. The molecule has 15 heteroatoms. The van der Waals surface area contributed by atoms with Gasteiger partial charge in [-0.25, -0.2) is 24.7 Å². The Kier molecular flexibility index (Phi) is 8.07. The zero-order valence-corrected chi connectivity index (χ0v) is 23.8. The number of nitrogens with zero attached hydrogens (tertiary/aromatic N) is 10. The molecule has 0 aliphatic carbocycles. The van der Waals surface area contributed by atoms with Crippen molar-refractivity contribution in [2.24, 2.45) is 0 Å². The number of hydrogen-bond acceptors (Lipinski definition) is 12. The number of hydrogen-bond donors (Lipinski definition) is 1. The van der Waals surface area contributed by atoms with Gasteiger partial charge < -0.3 is 29.5 Å². The van der Waals surface area contributed by atoms with Crippen molar-refractivity contribution in [3.05, 3.63) is 35.6 Å². The molecule has 5 rings (SSSR count). The summed E-state index contributed by atoms with van der Waals surface area (Å²) >= 11 is 3.37. The molecule has 208 valence electrons. The molecule has 1 N–H and O–H groups in total. The summed E-state index contributed by atoms with van der Waals surface area (Å²) in [7, 11) is 0. The van der Waals surface area contributed by atoms with Gasteiger partial charge in [-0.15, -0.1) is 0 Å². The second-order valence-electron chi connectivity index (χ2n) is 10.3. The van der Waals surface area contributed by atoms with Gasteiger partial charge in [-0.2, -0.15) is 10.1 Å². The number of aromatic nitrogens is 7. The maximum Gasteiger partial charge on any atom is 0.410 e. The molecule has 0 aromatic carbocycles. The fourth-order valence-electron chi connectivity index (χ4n) is 4.26. The number of carbonyl (C=O) groups is 1. The number of amides is 1. The van der Waals surface area contributed by atoms with Crippen LogP contribution in [-0.4, -0.2) is 103 Å². The Balaban J connectivity index is 1.14. The van der Waals surface area contributed by atoms with Crippen LogP contribution < -0.4 is 15.1 Å². The molecule has 1 unspecified atom stereocenters. The van der Waals surface area contributed by atoms with Crippen LogP contribution in [0.4, 0.5) is 28.3 Å². The van der Waals surface area contributed by atoms with Crippen molar-refractivity contribution in [1.82, 2.24) is 39.6 Å². The van der Waals surface area contributed by atoms with E-state index in [1.807, 2.05) is 27.0 Å². The molecule has 0 spiro atoms. The van der Waals surface area contributed by atoms with Crippen molar-refractivity contribution >= 4 is 45.6 Å². The molecule has 0 bridgehead atoms. The maximum atomic E-state index is 12.4. The van der Waals surface area contributed by atoms with Crippen LogP contribution in [0.25, 0.3) is 0 Å². The van der Waals surface area contributed by atoms with Gasteiger partial charge in [0.25, 0.3) is 0 Å². The van der Waals surface area contributed by atoms with Gasteiger partial charge in [-0.3, -0.25) is 4.68 Å². The molecule has 0 radical (unpaired) electrons. The van der Waals surface area contributed by atoms with Gasteiger partial charge in [0.15, 0.2) is 0 Å². The summed E-state index contributed by atoms with van der Waals surface area (Å²) in [4.78, 5) is 40.4. The third-order valence-electron chi connectivity index (χ3n) is 6.08. The Morgan fingerprint density at radius 2 is 1.77 bits per heavy atom. The summed E-state index contributed by atoms with van der Waals surface area (Å²) in [6, 6.07) is 0. The molecule has 1 amide bonds. The lowest BCUT2D eigenvalue weighted by Gasteiger charge is -2.34. The summed E-state index contributed by atoms with van der Waals surface area (Å²) in [5, 5.41) is 7.63. The number of nitrogens with one attached hydrogen (secondary N) is 1. The van der Waals surface area contributed by atoms with Crippen LogP contribution in [-0.2, 0) is 16.0 Å². The fraction of sp³-hybridized carbons (Fsp3) is 0.542. The minimum atomic E-state index is -0.536. The lowest BCUT2D eigenvalue weighted by Crippen LogP contribution is -2.48. The summed E-state index contributed by atoms with van der Waals surface area (Å²) in [6.45, 7) is 10.5. The smallest absolute Gasteiger partial charge is 0.410 e. The number of carbonyl (C=O) groups excluding carboxylic acids is 1. The van der Waals surface area contributed by atoms with E-state index < -0.39 is 5.60 Å². The van der Waals surface area contributed by atoms with Gasteiger partial charge in [-0.1, -0.05) is 0 Å². The molecular formula is C24H32BrN11O3. The highest BCUT2D eigenvalue weighted by molar-refractivity contribution is 9.10. The third kappa shape index (κ3) is 7.29. The van der Waals surface area contributed by atoms with Gasteiger partial charge in [0, 0.05) is 51.3 Å². The highest BCUT2D eigenvalue weighted by atomic mass is 79.9. The van der Waals surface area contributed by atoms with Crippen LogP contribution in [0.5, 0.6) is 0 Å². The summed E-state index contributed by atoms with van der Waals surface area (Å²) < 4.78 is 14.0. The van der Waals surface area contributed by atoms with Crippen molar-refractivity contribution < 1.29 is 14.3 Å². The quantitative estimate of drug-likeness (QED) is 0.443. The predicted molar refractivity (Wildman–Crippen MR) is 147 cm³/mol. The Labute approximate surface area is 234 Å². The molecule has 1 atom stereocenters. The standard InChI is InChI=1S/C24H32BrN11O3/c1-24(2,3)39-23(37)35-8-9-38-19(14-35)15-36-13-18(12-30-36)31-20-28-16-29-22(32-20)34-6-4-33(5-7-34)21-26-10-17(25)11-27-21/h10-13,16,19H,4-9,14-15H2,1-3H3,(H,28,29,31,32). The summed E-state index contributed by atoms with van der Waals surface area (Å²) in [5.74, 6) is 1.75. The molecule has 2 fully saturated rings. The SMILES string of the molecule is CC(C)(C)OC(=O)N1CCOC(Cn2cc(Nc3ncnc(N4CCN(c5ncc(Br)cn5)CC4)n3)cn2)C1. The molecule has 39 heavy (non-hydrogen) atoms. The van der Waals surface area contributed by atoms with Gasteiger partial charge in [0.05, 0.1) is 42.2 Å². The van der Waals surface area contributed by atoms with Crippen LogP contribution in [0.2, 0.25) is 0 Å². The average molecular weight is 602 g/mol. The number of anilines is 4. The van der Waals surface area contributed by atoms with Crippen molar-refractivity contribution in [1.29, 1.82) is 0 Å². The van der Waals surface area contributed by atoms with Crippen molar-refractivity contribution in [3.63, 3.8) is 0 Å². The van der Waals surface area contributed by atoms with E-state index in [4.69, 9.17) is 9.47 Å². The maximum absolute atomic E-state index is 12.4. The van der Waals surface area contributed by atoms with Crippen LogP contribution >= 0.6 is 15.9 Å². The molecule has 3 aromatic rings. The van der Waals surface area contributed by atoms with Crippen LogP contribution in [0.1, 0.15) is 20.8 Å². The second kappa shape index (κ2) is 11.7. The lowest BCUT2D eigenvalue weighted by atomic mass is 10.2. The van der Waals surface area contributed by atoms with E-state index in [2.05, 4.69) is 61.1 Å². The van der Waals surface area contributed by atoms with Crippen molar-refractivity contribution in [2.45, 2.75) is 39.0 Å². The van der Waals surface area contributed by atoms with Gasteiger partial charge in [-0.05, 0) is 36.7 Å².